The second kappa shape index (κ2) is 7.19. The maximum Gasteiger partial charge on any atom is 0.355 e. The maximum atomic E-state index is 12.3. The normalized spacial score (nSPS) is 20.9. The first kappa shape index (κ1) is 15.5. The van der Waals surface area contributed by atoms with Crippen molar-refractivity contribution in [1.29, 1.82) is 0 Å². The molecule has 0 bridgehead atoms. The van der Waals surface area contributed by atoms with Gasteiger partial charge in [0, 0.05) is 25.9 Å². The Morgan fingerprint density at radius 1 is 1.19 bits per heavy atom. The number of hydrogen-bond donors (Lipinski definition) is 1. The van der Waals surface area contributed by atoms with Gasteiger partial charge in [0.25, 0.3) is 5.91 Å². The summed E-state index contributed by atoms with van der Waals surface area (Å²) >= 11 is 0. The monoisotopic (exact) mass is 295 g/mol. The summed E-state index contributed by atoms with van der Waals surface area (Å²) in [6.07, 6.45) is 3.88. The van der Waals surface area contributed by atoms with Crippen molar-refractivity contribution in [2.75, 3.05) is 13.1 Å². The molecular formula is C14H21N3O4. The molecule has 0 aromatic carbocycles. The Kier molecular flexibility index (Phi) is 5.30. The molecule has 0 aliphatic carbocycles. The van der Waals surface area contributed by atoms with E-state index in [1.54, 1.807) is 11.8 Å². The lowest BCUT2D eigenvalue weighted by Crippen LogP contribution is -2.42. The van der Waals surface area contributed by atoms with Crippen LogP contribution in [0.1, 0.15) is 45.4 Å². The number of nitrogens with one attached hydrogen (secondary N) is 1. The maximum absolute atomic E-state index is 12.3. The van der Waals surface area contributed by atoms with E-state index in [0.29, 0.717) is 0 Å². The molecule has 2 heterocycles. The highest BCUT2D eigenvalue weighted by molar-refractivity contribution is 6.37. The van der Waals surface area contributed by atoms with Crippen molar-refractivity contribution in [3.63, 3.8) is 0 Å². The second-order valence-electron chi connectivity index (χ2n) is 5.38. The molecule has 0 aromatic rings. The first-order valence-electron chi connectivity index (χ1n) is 7.43. The van der Waals surface area contributed by atoms with Crippen molar-refractivity contribution in [3.05, 3.63) is 0 Å². The van der Waals surface area contributed by atoms with Gasteiger partial charge in [0.2, 0.25) is 5.91 Å². The minimum absolute atomic E-state index is 0.158. The minimum Gasteiger partial charge on any atom is -0.448 e. The van der Waals surface area contributed by atoms with Gasteiger partial charge in [-0.05, 0) is 19.8 Å². The molecule has 0 unspecified atom stereocenters. The van der Waals surface area contributed by atoms with Crippen molar-refractivity contribution in [2.24, 2.45) is 5.10 Å². The Labute approximate surface area is 123 Å². The molecule has 0 aromatic heterocycles. The number of hydrogen-bond acceptors (Lipinski definition) is 5. The van der Waals surface area contributed by atoms with Crippen LogP contribution < -0.4 is 5.43 Å². The van der Waals surface area contributed by atoms with Crippen molar-refractivity contribution >= 4 is 23.5 Å². The van der Waals surface area contributed by atoms with Gasteiger partial charge in [-0.3, -0.25) is 9.59 Å². The summed E-state index contributed by atoms with van der Waals surface area (Å²) in [5, 5.41) is 3.67. The zero-order valence-corrected chi connectivity index (χ0v) is 12.3. The topological polar surface area (TPSA) is 88.1 Å². The summed E-state index contributed by atoms with van der Waals surface area (Å²) < 4.78 is 5.17. The highest BCUT2D eigenvalue weighted by atomic mass is 16.5. The van der Waals surface area contributed by atoms with Crippen molar-refractivity contribution in [1.82, 2.24) is 10.3 Å². The SMILES string of the molecule is C[C@@H](OC(=O)C1=NNC(=O)CC1)C(=O)N1CCCCCC1. The molecule has 116 valence electrons. The van der Waals surface area contributed by atoms with Crippen LogP contribution in [-0.2, 0) is 19.1 Å². The number of esters is 1. The first-order chi connectivity index (χ1) is 10.1. The number of likely N-dealkylation sites (tertiary alicyclic amines) is 1. The van der Waals surface area contributed by atoms with Gasteiger partial charge in [-0.15, -0.1) is 0 Å². The Morgan fingerprint density at radius 3 is 2.43 bits per heavy atom. The zero-order valence-electron chi connectivity index (χ0n) is 12.3. The van der Waals surface area contributed by atoms with Crippen molar-refractivity contribution in [3.8, 4) is 0 Å². The second-order valence-corrected chi connectivity index (χ2v) is 5.38. The summed E-state index contributed by atoms with van der Waals surface area (Å²) in [6.45, 7) is 3.02. The van der Waals surface area contributed by atoms with Gasteiger partial charge in [-0.25, -0.2) is 10.2 Å². The van der Waals surface area contributed by atoms with Crippen LogP contribution in [-0.4, -0.2) is 47.6 Å². The summed E-state index contributed by atoms with van der Waals surface area (Å²) in [4.78, 5) is 36.9. The fraction of sp³-hybridized carbons (Fsp3) is 0.714. The third-order valence-electron chi connectivity index (χ3n) is 3.69. The fourth-order valence-electron chi connectivity index (χ4n) is 2.45. The number of amides is 2. The molecule has 2 rings (SSSR count). The van der Waals surface area contributed by atoms with Gasteiger partial charge in [0.15, 0.2) is 6.10 Å². The van der Waals surface area contributed by atoms with Gasteiger partial charge in [0.05, 0.1) is 0 Å². The molecule has 7 heteroatoms. The average Bonchev–Trinajstić information content (AvgIpc) is 2.76. The van der Waals surface area contributed by atoms with Gasteiger partial charge in [0.1, 0.15) is 5.71 Å². The summed E-state index contributed by atoms with van der Waals surface area (Å²) in [5.41, 5.74) is 2.40. The zero-order chi connectivity index (χ0) is 15.2. The van der Waals surface area contributed by atoms with E-state index in [-0.39, 0.29) is 30.4 Å². The quantitative estimate of drug-likeness (QED) is 0.772. The molecule has 0 radical (unpaired) electrons. The van der Waals surface area contributed by atoms with Crippen LogP contribution in [0, 0.1) is 0 Å². The van der Waals surface area contributed by atoms with Gasteiger partial charge in [-0.2, -0.15) is 5.10 Å². The van der Waals surface area contributed by atoms with E-state index in [4.69, 9.17) is 4.74 Å². The third-order valence-corrected chi connectivity index (χ3v) is 3.69. The molecular weight excluding hydrogens is 274 g/mol. The van der Waals surface area contributed by atoms with Crippen LogP contribution in [0.3, 0.4) is 0 Å². The lowest BCUT2D eigenvalue weighted by molar-refractivity contribution is -0.154. The molecule has 21 heavy (non-hydrogen) atoms. The average molecular weight is 295 g/mol. The van der Waals surface area contributed by atoms with E-state index >= 15 is 0 Å². The Hall–Kier alpha value is -1.92. The van der Waals surface area contributed by atoms with E-state index in [9.17, 15) is 14.4 Å². The number of ether oxygens (including phenoxy) is 1. The van der Waals surface area contributed by atoms with Crippen molar-refractivity contribution in [2.45, 2.75) is 51.6 Å². The number of carbonyl (C=O) groups excluding carboxylic acids is 3. The largest absolute Gasteiger partial charge is 0.448 e. The predicted octanol–water partition coefficient (Wildman–Crippen LogP) is 0.587. The van der Waals surface area contributed by atoms with E-state index in [1.807, 2.05) is 0 Å². The Morgan fingerprint density at radius 2 is 1.86 bits per heavy atom. The van der Waals surface area contributed by atoms with Crippen molar-refractivity contribution < 1.29 is 19.1 Å². The molecule has 1 N–H and O–H groups in total. The van der Waals surface area contributed by atoms with Crippen LogP contribution in [0.2, 0.25) is 0 Å². The molecule has 2 aliphatic rings. The number of hydrazone groups is 1. The molecule has 1 saturated heterocycles. The van der Waals surface area contributed by atoms with E-state index in [2.05, 4.69) is 10.5 Å². The lowest BCUT2D eigenvalue weighted by atomic mass is 10.2. The van der Waals surface area contributed by atoms with Gasteiger partial charge < -0.3 is 9.64 Å². The van der Waals surface area contributed by atoms with Crippen LogP contribution in [0.15, 0.2) is 5.10 Å². The molecule has 2 amide bonds. The fourth-order valence-corrected chi connectivity index (χ4v) is 2.45. The van der Waals surface area contributed by atoms with Crippen LogP contribution in [0.25, 0.3) is 0 Å². The molecule has 1 fully saturated rings. The molecule has 0 saturated carbocycles. The number of nitrogens with zero attached hydrogens (tertiary/aromatic N) is 2. The van der Waals surface area contributed by atoms with Gasteiger partial charge >= 0.3 is 5.97 Å². The van der Waals surface area contributed by atoms with E-state index in [0.717, 1.165) is 38.8 Å². The highest BCUT2D eigenvalue weighted by Gasteiger charge is 2.27. The summed E-state index contributed by atoms with van der Waals surface area (Å²) in [5.74, 6) is -1.02. The van der Waals surface area contributed by atoms with Crippen LogP contribution in [0.4, 0.5) is 0 Å². The lowest BCUT2D eigenvalue weighted by Gasteiger charge is -2.24. The minimum atomic E-state index is -0.823. The third kappa shape index (κ3) is 4.27. The summed E-state index contributed by atoms with van der Waals surface area (Å²) in [7, 11) is 0. The smallest absolute Gasteiger partial charge is 0.355 e. The number of rotatable bonds is 3. The highest BCUT2D eigenvalue weighted by Crippen LogP contribution is 2.12. The standard InChI is InChI=1S/C14H21N3O4/c1-10(13(19)17-8-4-2-3-5-9-17)21-14(20)11-6-7-12(18)16-15-11/h10H,2-9H2,1H3,(H,16,18)/t10-/m1/s1. The predicted molar refractivity (Wildman–Crippen MR) is 75.4 cm³/mol. The molecule has 0 spiro atoms. The summed E-state index contributed by atoms with van der Waals surface area (Å²) in [6, 6.07) is 0. The molecule has 7 nitrogen and oxygen atoms in total. The number of carbonyl (C=O) groups is 3. The van der Waals surface area contributed by atoms with E-state index in [1.165, 1.54) is 0 Å². The van der Waals surface area contributed by atoms with Crippen LogP contribution >= 0.6 is 0 Å². The molecule has 2 aliphatic heterocycles. The Bertz CT molecular complexity index is 453. The van der Waals surface area contributed by atoms with E-state index < -0.39 is 12.1 Å². The molecule has 1 atom stereocenters. The Balaban J connectivity index is 1.87. The first-order valence-corrected chi connectivity index (χ1v) is 7.43. The van der Waals surface area contributed by atoms with Crippen LogP contribution in [0.5, 0.6) is 0 Å². The van der Waals surface area contributed by atoms with Gasteiger partial charge in [-0.1, -0.05) is 12.8 Å².